The van der Waals surface area contributed by atoms with Gasteiger partial charge < -0.3 is 25.0 Å². The minimum Gasteiger partial charge on any atom is -0.493 e. The number of guanidine groups is 1. The van der Waals surface area contributed by atoms with Crippen LogP contribution in [-0.2, 0) is 11.3 Å². The number of alkyl halides is 2. The first kappa shape index (κ1) is 25.2. The minimum absolute atomic E-state index is 0. The van der Waals surface area contributed by atoms with Crippen LogP contribution in [-0.4, -0.2) is 56.7 Å². The monoisotopic (exact) mass is 526 g/mol. The van der Waals surface area contributed by atoms with Crippen LogP contribution in [0.4, 0.5) is 8.78 Å². The number of methoxy groups -OCH3 is 1. The van der Waals surface area contributed by atoms with E-state index in [0.717, 1.165) is 18.5 Å². The molecule has 0 saturated carbocycles. The van der Waals surface area contributed by atoms with Crippen molar-refractivity contribution < 1.29 is 23.0 Å². The molecule has 1 amide bonds. The van der Waals surface area contributed by atoms with Gasteiger partial charge in [-0.15, -0.1) is 24.0 Å². The molecule has 1 aromatic carbocycles. The summed E-state index contributed by atoms with van der Waals surface area (Å²) in [6.07, 6.45) is 0.841. The van der Waals surface area contributed by atoms with Crippen LogP contribution in [0.3, 0.4) is 0 Å². The van der Waals surface area contributed by atoms with Crippen molar-refractivity contribution in [1.29, 1.82) is 0 Å². The lowest BCUT2D eigenvalue weighted by Gasteiger charge is -2.20. The Morgan fingerprint density at radius 3 is 2.66 bits per heavy atom. The molecule has 1 atom stereocenters. The molecular weight excluding hydrogens is 497 g/mol. The van der Waals surface area contributed by atoms with E-state index in [1.165, 1.54) is 13.2 Å². The standard InChI is InChI=1S/C19H28F2N4O3.HI/c1-12(2)17(26)25-8-7-14(11-25)24-19(22-3)23-10-13-5-6-15(27-4)16(9-13)28-18(20)21;/h5-6,9,12,14,18H,7-8,10-11H2,1-4H3,(H2,22,23,24);1H. The predicted octanol–water partition coefficient (Wildman–Crippen LogP) is 2.84. The average molecular weight is 526 g/mol. The Bertz CT molecular complexity index is 704. The molecule has 7 nitrogen and oxygen atoms in total. The molecule has 1 fully saturated rings. The third kappa shape index (κ3) is 7.48. The zero-order chi connectivity index (χ0) is 20.7. The SMILES string of the molecule is CN=C(NCc1ccc(OC)c(OC(F)F)c1)NC1CCN(C(=O)C(C)C)C1.I. The van der Waals surface area contributed by atoms with E-state index in [9.17, 15) is 13.6 Å². The topological polar surface area (TPSA) is 75.2 Å². The summed E-state index contributed by atoms with van der Waals surface area (Å²) in [5.41, 5.74) is 0.738. The van der Waals surface area contributed by atoms with Gasteiger partial charge >= 0.3 is 6.61 Å². The van der Waals surface area contributed by atoms with Gasteiger partial charge in [-0.3, -0.25) is 9.79 Å². The van der Waals surface area contributed by atoms with E-state index in [1.807, 2.05) is 18.7 Å². The smallest absolute Gasteiger partial charge is 0.387 e. The number of ether oxygens (including phenoxy) is 2. The quantitative estimate of drug-likeness (QED) is 0.325. The molecule has 0 bridgehead atoms. The van der Waals surface area contributed by atoms with Gasteiger partial charge in [0.15, 0.2) is 17.5 Å². The first-order valence-corrected chi connectivity index (χ1v) is 9.21. The molecule has 2 N–H and O–H groups in total. The van der Waals surface area contributed by atoms with Crippen LogP contribution in [0.15, 0.2) is 23.2 Å². The van der Waals surface area contributed by atoms with Gasteiger partial charge in [0.2, 0.25) is 5.91 Å². The zero-order valence-electron chi connectivity index (χ0n) is 17.1. The molecule has 0 aromatic heterocycles. The summed E-state index contributed by atoms with van der Waals surface area (Å²) in [6.45, 7) is 2.58. The van der Waals surface area contributed by atoms with Gasteiger partial charge in [0, 0.05) is 38.6 Å². The molecule has 0 spiro atoms. The number of likely N-dealkylation sites (tertiary alicyclic amines) is 1. The van der Waals surface area contributed by atoms with Crippen LogP contribution in [0.5, 0.6) is 11.5 Å². The van der Waals surface area contributed by atoms with Crippen molar-refractivity contribution >= 4 is 35.8 Å². The summed E-state index contributed by atoms with van der Waals surface area (Å²) in [6, 6.07) is 4.96. The average Bonchev–Trinajstić information content (AvgIpc) is 3.12. The number of hydrogen-bond acceptors (Lipinski definition) is 4. The molecule has 0 aliphatic carbocycles. The van der Waals surface area contributed by atoms with E-state index in [1.54, 1.807) is 19.2 Å². The highest BCUT2D eigenvalue weighted by Crippen LogP contribution is 2.29. The Morgan fingerprint density at radius 1 is 1.34 bits per heavy atom. The maximum atomic E-state index is 12.6. The fourth-order valence-electron chi connectivity index (χ4n) is 3.04. The Kier molecular flexibility index (Phi) is 10.4. The van der Waals surface area contributed by atoms with E-state index in [2.05, 4.69) is 20.4 Å². The summed E-state index contributed by atoms with van der Waals surface area (Å²) >= 11 is 0. The van der Waals surface area contributed by atoms with Crippen LogP contribution in [0, 0.1) is 5.92 Å². The highest BCUT2D eigenvalue weighted by molar-refractivity contribution is 14.0. The van der Waals surface area contributed by atoms with Crippen molar-refractivity contribution in [2.24, 2.45) is 10.9 Å². The maximum absolute atomic E-state index is 12.6. The Hall–Kier alpha value is -1.85. The number of carbonyl (C=O) groups is 1. The fraction of sp³-hybridized carbons (Fsp3) is 0.579. The molecule has 29 heavy (non-hydrogen) atoms. The number of carbonyl (C=O) groups excluding carboxylic acids is 1. The lowest BCUT2D eigenvalue weighted by atomic mass is 10.2. The molecule has 1 saturated heterocycles. The largest absolute Gasteiger partial charge is 0.493 e. The van der Waals surface area contributed by atoms with Crippen LogP contribution in [0.2, 0.25) is 0 Å². The summed E-state index contributed by atoms with van der Waals surface area (Å²) in [5.74, 6) is 0.940. The summed E-state index contributed by atoms with van der Waals surface area (Å²) in [4.78, 5) is 18.1. The van der Waals surface area contributed by atoms with Crippen molar-refractivity contribution in [1.82, 2.24) is 15.5 Å². The number of nitrogens with zero attached hydrogens (tertiary/aromatic N) is 2. The molecule has 1 unspecified atom stereocenters. The second-order valence-electron chi connectivity index (χ2n) is 6.86. The maximum Gasteiger partial charge on any atom is 0.387 e. The van der Waals surface area contributed by atoms with Gasteiger partial charge in [0.1, 0.15) is 0 Å². The van der Waals surface area contributed by atoms with Crippen molar-refractivity contribution in [3.63, 3.8) is 0 Å². The summed E-state index contributed by atoms with van der Waals surface area (Å²) in [7, 11) is 3.05. The highest BCUT2D eigenvalue weighted by Gasteiger charge is 2.27. The highest BCUT2D eigenvalue weighted by atomic mass is 127. The summed E-state index contributed by atoms with van der Waals surface area (Å²) in [5, 5.41) is 6.45. The first-order chi connectivity index (χ1) is 13.3. The molecule has 10 heteroatoms. The van der Waals surface area contributed by atoms with Gasteiger partial charge in [-0.1, -0.05) is 19.9 Å². The number of amides is 1. The first-order valence-electron chi connectivity index (χ1n) is 9.21. The van der Waals surface area contributed by atoms with Gasteiger partial charge in [0.25, 0.3) is 0 Å². The minimum atomic E-state index is -2.93. The van der Waals surface area contributed by atoms with Gasteiger partial charge in [0.05, 0.1) is 7.11 Å². The van der Waals surface area contributed by atoms with E-state index in [4.69, 9.17) is 4.74 Å². The van der Waals surface area contributed by atoms with Crippen molar-refractivity contribution in [2.75, 3.05) is 27.2 Å². The Morgan fingerprint density at radius 2 is 2.07 bits per heavy atom. The Balaban J connectivity index is 0.00000420. The third-order valence-corrected chi connectivity index (χ3v) is 4.46. The van der Waals surface area contributed by atoms with Crippen LogP contribution in [0.25, 0.3) is 0 Å². The normalized spacial score (nSPS) is 16.6. The van der Waals surface area contributed by atoms with E-state index in [-0.39, 0.29) is 53.3 Å². The number of halogens is 3. The summed E-state index contributed by atoms with van der Waals surface area (Å²) < 4.78 is 34.6. The molecule has 0 radical (unpaired) electrons. The third-order valence-electron chi connectivity index (χ3n) is 4.46. The van der Waals surface area contributed by atoms with Gasteiger partial charge in [-0.25, -0.2) is 0 Å². The molecule has 1 aliphatic heterocycles. The lowest BCUT2D eigenvalue weighted by Crippen LogP contribution is -2.45. The molecule has 164 valence electrons. The van der Waals surface area contributed by atoms with Gasteiger partial charge in [-0.2, -0.15) is 8.78 Å². The van der Waals surface area contributed by atoms with Crippen LogP contribution in [0.1, 0.15) is 25.8 Å². The van der Waals surface area contributed by atoms with Crippen molar-refractivity contribution in [2.45, 2.75) is 39.5 Å². The Labute approximate surface area is 187 Å². The fourth-order valence-corrected chi connectivity index (χ4v) is 3.04. The number of aliphatic imine (C=N–C) groups is 1. The lowest BCUT2D eigenvalue weighted by molar-refractivity contribution is -0.133. The number of benzene rings is 1. The van der Waals surface area contributed by atoms with E-state index in [0.29, 0.717) is 19.0 Å². The molecule has 1 aromatic rings. The van der Waals surface area contributed by atoms with Crippen LogP contribution >= 0.6 is 24.0 Å². The second kappa shape index (κ2) is 12.0. The molecule has 1 heterocycles. The van der Waals surface area contributed by atoms with Gasteiger partial charge in [-0.05, 0) is 24.1 Å². The number of nitrogens with one attached hydrogen (secondary N) is 2. The zero-order valence-corrected chi connectivity index (χ0v) is 19.4. The van der Waals surface area contributed by atoms with Crippen molar-refractivity contribution in [3.05, 3.63) is 23.8 Å². The number of hydrogen-bond donors (Lipinski definition) is 2. The van der Waals surface area contributed by atoms with E-state index < -0.39 is 6.61 Å². The molecule has 1 aliphatic rings. The van der Waals surface area contributed by atoms with Crippen molar-refractivity contribution in [3.8, 4) is 11.5 Å². The second-order valence-corrected chi connectivity index (χ2v) is 6.86. The number of rotatable bonds is 7. The molecule has 2 rings (SSSR count). The molecular formula is C19H29F2IN4O3. The van der Waals surface area contributed by atoms with Crippen LogP contribution < -0.4 is 20.1 Å². The van der Waals surface area contributed by atoms with E-state index >= 15 is 0 Å². The predicted molar refractivity (Wildman–Crippen MR) is 118 cm³/mol.